The summed E-state index contributed by atoms with van der Waals surface area (Å²) in [5.74, 6) is -0.788. The number of carbonyl (C=O) groups excluding carboxylic acids is 1. The number of fused-ring (bicyclic) bond motifs is 3. The van der Waals surface area contributed by atoms with Crippen LogP contribution in [0.4, 0.5) is 4.79 Å². The molecule has 3 aliphatic rings. The normalized spacial score (nSPS) is 27.1. The van der Waals surface area contributed by atoms with E-state index in [1.54, 1.807) is 0 Å². The predicted molar refractivity (Wildman–Crippen MR) is 113 cm³/mol. The molecule has 0 unspecified atom stereocenters. The highest BCUT2D eigenvalue weighted by molar-refractivity contribution is 5.79. The number of carboxylic acid groups (broad SMARTS) is 1. The number of nitrogens with one attached hydrogen (secondary N) is 1. The molecule has 5 heteroatoms. The summed E-state index contributed by atoms with van der Waals surface area (Å²) in [7, 11) is 0. The summed E-state index contributed by atoms with van der Waals surface area (Å²) < 4.78 is 5.64. The van der Waals surface area contributed by atoms with E-state index in [1.165, 1.54) is 22.3 Å². The second-order valence-electron chi connectivity index (χ2n) is 9.19. The first kappa shape index (κ1) is 19.2. The number of ether oxygens (including phenoxy) is 1. The molecule has 2 saturated carbocycles. The second kappa shape index (κ2) is 7.46. The van der Waals surface area contributed by atoms with Gasteiger partial charge in [0.2, 0.25) is 0 Å². The lowest BCUT2D eigenvalue weighted by Crippen LogP contribution is -2.52. The standard InChI is InChI=1S/C25H27NO4/c27-23(28)16-9-11-25(12-10-16)13-17(14-25)26-24(29)30-15-22-20-7-3-1-5-18(20)19-6-2-4-8-21(19)22/h1-8,16-17,22H,9-15H2,(H,26,29)(H,27,28). The van der Waals surface area contributed by atoms with E-state index in [4.69, 9.17) is 9.84 Å². The van der Waals surface area contributed by atoms with Crippen molar-refractivity contribution >= 4 is 12.1 Å². The van der Waals surface area contributed by atoms with Crippen LogP contribution in [0.1, 0.15) is 55.6 Å². The fraction of sp³-hybridized carbons (Fsp3) is 0.440. The van der Waals surface area contributed by atoms with Crippen LogP contribution in [-0.2, 0) is 9.53 Å². The van der Waals surface area contributed by atoms with Crippen LogP contribution in [0.2, 0.25) is 0 Å². The Morgan fingerprint density at radius 3 is 2.10 bits per heavy atom. The molecule has 2 aromatic rings. The molecule has 0 aromatic heterocycles. The van der Waals surface area contributed by atoms with E-state index in [0.717, 1.165) is 38.5 Å². The molecule has 0 saturated heterocycles. The fourth-order valence-corrected chi connectivity index (χ4v) is 5.78. The molecule has 30 heavy (non-hydrogen) atoms. The number of hydrogen-bond donors (Lipinski definition) is 2. The van der Waals surface area contributed by atoms with E-state index in [2.05, 4.69) is 29.6 Å². The number of amides is 1. The maximum atomic E-state index is 12.4. The molecule has 0 radical (unpaired) electrons. The van der Waals surface area contributed by atoms with Crippen LogP contribution < -0.4 is 5.32 Å². The molecule has 3 aliphatic carbocycles. The van der Waals surface area contributed by atoms with Crippen molar-refractivity contribution < 1.29 is 19.4 Å². The molecule has 2 N–H and O–H groups in total. The Bertz CT molecular complexity index is 923. The van der Waals surface area contributed by atoms with E-state index < -0.39 is 5.97 Å². The molecule has 5 rings (SSSR count). The Kier molecular flexibility index (Phi) is 4.76. The maximum absolute atomic E-state index is 12.4. The molecule has 1 amide bonds. The van der Waals surface area contributed by atoms with Crippen LogP contribution >= 0.6 is 0 Å². The monoisotopic (exact) mass is 405 g/mol. The molecule has 5 nitrogen and oxygen atoms in total. The summed E-state index contributed by atoms with van der Waals surface area (Å²) in [5.41, 5.74) is 5.10. The average molecular weight is 405 g/mol. The Morgan fingerprint density at radius 1 is 0.967 bits per heavy atom. The zero-order chi connectivity index (χ0) is 20.7. The first-order valence-electron chi connectivity index (χ1n) is 10.9. The minimum atomic E-state index is -0.669. The van der Waals surface area contributed by atoms with E-state index in [1.807, 2.05) is 24.3 Å². The van der Waals surface area contributed by atoms with Gasteiger partial charge in [-0.1, -0.05) is 48.5 Å². The predicted octanol–water partition coefficient (Wildman–Crippen LogP) is 4.95. The van der Waals surface area contributed by atoms with E-state index in [9.17, 15) is 9.59 Å². The van der Waals surface area contributed by atoms with Gasteiger partial charge in [-0.15, -0.1) is 0 Å². The molecule has 156 valence electrons. The highest BCUT2D eigenvalue weighted by Crippen LogP contribution is 2.53. The van der Waals surface area contributed by atoms with E-state index in [0.29, 0.717) is 6.61 Å². The molecular formula is C25H27NO4. The largest absolute Gasteiger partial charge is 0.481 e. The number of hydrogen-bond acceptors (Lipinski definition) is 3. The smallest absolute Gasteiger partial charge is 0.407 e. The van der Waals surface area contributed by atoms with Crippen molar-refractivity contribution in [2.24, 2.45) is 11.3 Å². The lowest BCUT2D eigenvalue weighted by Gasteiger charge is -2.51. The summed E-state index contributed by atoms with van der Waals surface area (Å²) in [5, 5.41) is 12.2. The first-order chi connectivity index (χ1) is 14.5. The van der Waals surface area contributed by atoms with Gasteiger partial charge in [-0.2, -0.15) is 0 Å². The van der Waals surface area contributed by atoms with Gasteiger partial charge in [0.1, 0.15) is 6.61 Å². The van der Waals surface area contributed by atoms with Gasteiger partial charge in [-0.25, -0.2) is 4.79 Å². The Balaban J connectivity index is 1.14. The van der Waals surface area contributed by atoms with Gasteiger partial charge in [0.05, 0.1) is 5.92 Å². The Labute approximate surface area is 176 Å². The van der Waals surface area contributed by atoms with E-state index >= 15 is 0 Å². The van der Waals surface area contributed by atoms with Gasteiger partial charge in [0.25, 0.3) is 0 Å². The van der Waals surface area contributed by atoms with Gasteiger partial charge in [0, 0.05) is 12.0 Å². The number of benzene rings is 2. The number of alkyl carbamates (subject to hydrolysis) is 1. The lowest BCUT2D eigenvalue weighted by molar-refractivity contribution is -0.144. The summed E-state index contributed by atoms with van der Waals surface area (Å²) in [4.78, 5) is 23.6. The highest BCUT2D eigenvalue weighted by Gasteiger charge is 2.47. The van der Waals surface area contributed by atoms with Crippen LogP contribution in [-0.4, -0.2) is 29.8 Å². The van der Waals surface area contributed by atoms with Crippen molar-refractivity contribution in [1.82, 2.24) is 5.32 Å². The third kappa shape index (κ3) is 3.36. The lowest BCUT2D eigenvalue weighted by atomic mass is 9.57. The second-order valence-corrected chi connectivity index (χ2v) is 9.19. The van der Waals surface area contributed by atoms with Crippen LogP contribution in [0.5, 0.6) is 0 Å². The highest BCUT2D eigenvalue weighted by atomic mass is 16.5. The molecular weight excluding hydrogens is 378 g/mol. The molecule has 0 bridgehead atoms. The topological polar surface area (TPSA) is 75.6 Å². The quantitative estimate of drug-likeness (QED) is 0.755. The fourth-order valence-electron chi connectivity index (χ4n) is 5.78. The van der Waals surface area contributed by atoms with Crippen molar-refractivity contribution in [2.45, 2.75) is 50.5 Å². The minimum Gasteiger partial charge on any atom is -0.481 e. The number of rotatable bonds is 4. The number of aliphatic carboxylic acids is 1. The van der Waals surface area contributed by atoms with Crippen molar-refractivity contribution in [3.63, 3.8) is 0 Å². The number of carboxylic acids is 1. The summed E-state index contributed by atoms with van der Waals surface area (Å²) in [6.07, 6.45) is 4.93. The molecule has 2 fully saturated rings. The molecule has 0 atom stereocenters. The van der Waals surface area contributed by atoms with Crippen molar-refractivity contribution in [3.8, 4) is 11.1 Å². The number of carbonyl (C=O) groups is 2. The van der Waals surface area contributed by atoms with Gasteiger partial charge in [-0.05, 0) is 66.2 Å². The molecule has 0 heterocycles. The van der Waals surface area contributed by atoms with Crippen LogP contribution in [0, 0.1) is 11.3 Å². The van der Waals surface area contributed by atoms with Gasteiger partial charge in [0.15, 0.2) is 0 Å². The van der Waals surface area contributed by atoms with Crippen LogP contribution in [0.3, 0.4) is 0 Å². The molecule has 0 aliphatic heterocycles. The minimum absolute atomic E-state index is 0.0715. The maximum Gasteiger partial charge on any atom is 0.407 e. The van der Waals surface area contributed by atoms with Gasteiger partial charge in [-0.3, -0.25) is 4.79 Å². The Morgan fingerprint density at radius 2 is 1.53 bits per heavy atom. The van der Waals surface area contributed by atoms with E-state index in [-0.39, 0.29) is 29.4 Å². The van der Waals surface area contributed by atoms with Gasteiger partial charge >= 0.3 is 12.1 Å². The van der Waals surface area contributed by atoms with Crippen molar-refractivity contribution in [3.05, 3.63) is 59.7 Å². The third-order valence-electron chi connectivity index (χ3n) is 7.42. The summed E-state index contributed by atoms with van der Waals surface area (Å²) >= 11 is 0. The average Bonchev–Trinajstić information content (AvgIpc) is 3.05. The summed E-state index contributed by atoms with van der Waals surface area (Å²) in [6, 6.07) is 16.8. The SMILES string of the molecule is O=C(NC1CC2(CCC(C(=O)O)CC2)C1)OCC1c2ccccc2-c2ccccc21. The molecule has 1 spiro atoms. The van der Waals surface area contributed by atoms with Crippen molar-refractivity contribution in [1.29, 1.82) is 0 Å². The van der Waals surface area contributed by atoms with Crippen molar-refractivity contribution in [2.75, 3.05) is 6.61 Å². The zero-order valence-electron chi connectivity index (χ0n) is 17.0. The van der Waals surface area contributed by atoms with Crippen LogP contribution in [0.25, 0.3) is 11.1 Å². The zero-order valence-corrected chi connectivity index (χ0v) is 17.0. The Hall–Kier alpha value is -2.82. The molecule has 2 aromatic carbocycles. The summed E-state index contributed by atoms with van der Waals surface area (Å²) in [6.45, 7) is 0.331. The van der Waals surface area contributed by atoms with Gasteiger partial charge < -0.3 is 15.2 Å². The third-order valence-corrected chi connectivity index (χ3v) is 7.42. The van der Waals surface area contributed by atoms with Crippen LogP contribution in [0.15, 0.2) is 48.5 Å². The first-order valence-corrected chi connectivity index (χ1v) is 10.9.